The zero-order valence-corrected chi connectivity index (χ0v) is 53.0. The van der Waals surface area contributed by atoms with Gasteiger partial charge in [0.05, 0.1) is 26.4 Å². The molecule has 18 nitrogen and oxygen atoms in total. The lowest BCUT2D eigenvalue weighted by molar-refractivity contribution is -0.140. The maximum Gasteiger partial charge on any atom is 0.379 e. The van der Waals surface area contributed by atoms with E-state index in [-0.39, 0.29) is 52.9 Å². The lowest BCUT2D eigenvalue weighted by Gasteiger charge is -2.38. The highest BCUT2D eigenvalue weighted by atomic mass is 28.5. The van der Waals surface area contributed by atoms with Crippen LogP contribution < -0.4 is 0 Å². The summed E-state index contributed by atoms with van der Waals surface area (Å²) in [4.78, 5) is 95.3. The normalized spacial score (nSPS) is 11.6. The van der Waals surface area contributed by atoms with Gasteiger partial charge in [0.2, 0.25) is 0 Å². The van der Waals surface area contributed by atoms with Crippen molar-refractivity contribution in [2.45, 2.75) is 102 Å². The van der Waals surface area contributed by atoms with Gasteiger partial charge in [-0.25, -0.2) is 19.2 Å². The maximum atomic E-state index is 12.0. The van der Waals surface area contributed by atoms with Crippen molar-refractivity contribution in [3.8, 4) is 0 Å². The fraction of sp³-hybridized carbons (Fsp3) is 0.467. The molecule has 0 amide bonds. The van der Waals surface area contributed by atoms with Crippen molar-refractivity contribution in [3.63, 3.8) is 0 Å². The quantitative estimate of drug-likeness (QED) is 0.0101. The average Bonchev–Trinajstić information content (AvgIpc) is 3.45. The monoisotopic (exact) mass is 1200 g/mol. The van der Waals surface area contributed by atoms with Crippen LogP contribution in [-0.4, -0.2) is 160 Å². The smallest absolute Gasteiger partial charge is 0.379 e. The van der Waals surface area contributed by atoms with Crippen molar-refractivity contribution in [3.05, 3.63) is 144 Å². The molecule has 0 unspecified atom stereocenters. The van der Waals surface area contributed by atoms with Gasteiger partial charge < -0.3 is 46.1 Å². The summed E-state index contributed by atoms with van der Waals surface area (Å²) in [6.07, 6.45) is 3.47. The van der Waals surface area contributed by atoms with Gasteiger partial charge in [-0.1, -0.05) is 147 Å². The van der Waals surface area contributed by atoms with Crippen LogP contribution in [0.25, 0.3) is 0 Å². The van der Waals surface area contributed by atoms with Crippen molar-refractivity contribution >= 4 is 80.3 Å². The van der Waals surface area contributed by atoms with Crippen LogP contribution in [0.3, 0.4) is 0 Å². The maximum absolute atomic E-state index is 12.0. The van der Waals surface area contributed by atoms with Crippen LogP contribution in [0.15, 0.2) is 121 Å². The second-order valence-electron chi connectivity index (χ2n) is 21.5. The van der Waals surface area contributed by atoms with Crippen molar-refractivity contribution in [1.82, 2.24) is 0 Å². The summed E-state index contributed by atoms with van der Waals surface area (Å²) in [5, 5.41) is 0. The van der Waals surface area contributed by atoms with E-state index in [1.54, 1.807) is 121 Å². The second-order valence-corrected chi connectivity index (χ2v) is 39.3. The Bertz CT molecular complexity index is 2390. The molecule has 0 aromatic heterocycles. The van der Waals surface area contributed by atoms with E-state index in [0.29, 0.717) is 48.7 Å². The summed E-state index contributed by atoms with van der Waals surface area (Å²) in [6, 6.07) is 37.2. The van der Waals surface area contributed by atoms with Gasteiger partial charge >= 0.3 is 32.4 Å². The number of ketones is 4. The Labute approximate surface area is 487 Å². The molecule has 4 aromatic carbocycles. The number of benzene rings is 4. The molecule has 4 rings (SSSR count). The fourth-order valence-electron chi connectivity index (χ4n) is 8.36. The van der Waals surface area contributed by atoms with Crippen LogP contribution in [0.5, 0.6) is 0 Å². The molecular weight excluding hydrogens is 1120 g/mol. The molecule has 0 aliphatic heterocycles. The van der Waals surface area contributed by atoms with Gasteiger partial charge in [0.15, 0.2) is 16.6 Å². The van der Waals surface area contributed by atoms with Crippen LogP contribution in [0.1, 0.15) is 67.1 Å². The van der Waals surface area contributed by atoms with E-state index in [9.17, 15) is 38.4 Å². The number of rotatable bonds is 40. The van der Waals surface area contributed by atoms with Crippen LogP contribution in [-0.2, 0) is 65.3 Å². The van der Waals surface area contributed by atoms with Gasteiger partial charge in [-0.05, 0) is 77.1 Å². The summed E-state index contributed by atoms with van der Waals surface area (Å²) >= 11 is 0. The average molecular weight is 1210 g/mol. The predicted octanol–water partition coefficient (Wildman–Crippen LogP) is 10.2. The van der Waals surface area contributed by atoms with Crippen molar-refractivity contribution < 1.29 is 84.5 Å². The lowest BCUT2D eigenvalue weighted by Crippen LogP contribution is -2.52. The Balaban J connectivity index is 0.000000438. The van der Waals surface area contributed by atoms with Crippen molar-refractivity contribution in [1.29, 1.82) is 0 Å². The molecule has 0 bridgehead atoms. The Morgan fingerprint density at radius 2 is 0.512 bits per heavy atom. The number of carbonyl (C=O) groups excluding carboxylic acids is 8. The van der Waals surface area contributed by atoms with Gasteiger partial charge in [0.25, 0.3) is 23.1 Å². The molecular formula is C60H84O18Si4. The molecule has 0 aliphatic rings. The van der Waals surface area contributed by atoms with Crippen molar-refractivity contribution in [2.75, 3.05) is 79.3 Å². The largest absolute Gasteiger partial charge is 0.457 e. The predicted molar refractivity (Wildman–Crippen MR) is 320 cm³/mol. The highest BCUT2D eigenvalue weighted by molar-refractivity contribution is 6.87. The van der Waals surface area contributed by atoms with E-state index in [2.05, 4.69) is 52.4 Å². The number of esters is 4. The first-order valence-corrected chi connectivity index (χ1v) is 40.2. The molecule has 0 radical (unpaired) electrons. The highest BCUT2D eigenvalue weighted by Gasteiger charge is 2.39. The fourth-order valence-corrected chi connectivity index (χ4v) is 24.8. The zero-order chi connectivity index (χ0) is 60.3. The van der Waals surface area contributed by atoms with E-state index in [4.69, 9.17) is 46.1 Å². The van der Waals surface area contributed by atoms with Gasteiger partial charge in [-0.3, -0.25) is 19.2 Å². The van der Waals surface area contributed by atoms with E-state index in [1.165, 1.54) is 0 Å². The SMILES string of the molecule is C[Si](C)(CCCOCCOC(=O)C(=O)c1ccccc1)CCCOCCOC(=O)C(=O)c1ccccc1.C[Si](C)(CCCOCCOC(=O)C(=O)c1ccccc1)O[Si](C)(C)O[Si](C)(C)CCCOCCOC(=O)C(=O)c1ccccc1. The molecule has 0 fully saturated rings. The van der Waals surface area contributed by atoms with Gasteiger partial charge in [-0.15, -0.1) is 0 Å². The third kappa shape index (κ3) is 30.4. The number of ether oxygens (including phenoxy) is 8. The molecule has 448 valence electrons. The molecule has 4 aromatic rings. The van der Waals surface area contributed by atoms with Crippen LogP contribution in [0.4, 0.5) is 0 Å². The molecule has 0 atom stereocenters. The lowest BCUT2D eigenvalue weighted by atomic mass is 10.1. The van der Waals surface area contributed by atoms with Crippen molar-refractivity contribution in [2.24, 2.45) is 0 Å². The van der Waals surface area contributed by atoms with Gasteiger partial charge in [-0.2, -0.15) is 0 Å². The zero-order valence-electron chi connectivity index (χ0n) is 49.0. The third-order valence-electron chi connectivity index (χ3n) is 12.2. The molecule has 22 heteroatoms. The Hall–Kier alpha value is -5.93. The Morgan fingerprint density at radius 3 is 0.744 bits per heavy atom. The summed E-state index contributed by atoms with van der Waals surface area (Å²) in [5.74, 6) is -6.14. The number of carbonyl (C=O) groups is 8. The first-order valence-electron chi connectivity index (χ1n) is 27.8. The van der Waals surface area contributed by atoms with E-state index in [0.717, 1.165) is 49.9 Å². The highest BCUT2D eigenvalue weighted by Crippen LogP contribution is 2.26. The minimum absolute atomic E-state index is 0.0243. The topological polar surface area (TPSA) is 229 Å². The van der Waals surface area contributed by atoms with E-state index < -0.39 is 80.3 Å². The summed E-state index contributed by atoms with van der Waals surface area (Å²) in [5.41, 5.74) is 1.23. The first kappa shape index (κ1) is 70.3. The second kappa shape index (κ2) is 38.0. The molecule has 0 N–H and O–H groups in total. The van der Waals surface area contributed by atoms with Crippen LogP contribution >= 0.6 is 0 Å². The summed E-state index contributed by atoms with van der Waals surface area (Å²) < 4.78 is 55.6. The third-order valence-corrected chi connectivity index (χ3v) is 27.1. The minimum Gasteiger partial charge on any atom is -0.457 e. The van der Waals surface area contributed by atoms with Crippen LogP contribution in [0, 0.1) is 0 Å². The molecule has 82 heavy (non-hydrogen) atoms. The minimum atomic E-state index is -2.38. The summed E-state index contributed by atoms with van der Waals surface area (Å²) in [7, 11) is -7.80. The van der Waals surface area contributed by atoms with Gasteiger partial charge in [0.1, 0.15) is 26.4 Å². The number of Topliss-reactive ketones (excluding diaryl/α,β-unsaturated/α-hetero) is 4. The summed E-state index contributed by atoms with van der Waals surface area (Å²) in [6.45, 7) is 20.8. The Morgan fingerprint density at radius 1 is 0.293 bits per heavy atom. The molecule has 0 aliphatic carbocycles. The molecule has 0 saturated carbocycles. The van der Waals surface area contributed by atoms with E-state index >= 15 is 0 Å². The number of hydrogen-bond donors (Lipinski definition) is 0. The van der Waals surface area contributed by atoms with E-state index in [1.807, 2.05) is 0 Å². The first-order chi connectivity index (χ1) is 39.0. The van der Waals surface area contributed by atoms with Crippen LogP contribution in [0.2, 0.25) is 76.6 Å². The Kier molecular flexibility index (Phi) is 32.6. The number of hydrogen-bond acceptors (Lipinski definition) is 18. The molecule has 0 heterocycles. The molecule has 0 spiro atoms. The molecule has 0 saturated heterocycles. The standard InChI is InChI=1S/C32H48O10Si3.C28H36O8Si/c1-43(2,25-13-19-37-21-23-39-31(35)29(33)27-15-9-7-10-16-27)41-45(5,6)42-44(3,4)26-14-20-38-22-24-40-32(36)30(34)28-17-11-8-12-18-28;1-37(2,21-9-15-33-17-19-35-27(31)25(29)23-11-5-3-6-12-23)22-10-16-34-18-20-36-28(32)26(30)24-13-7-4-8-14-24/h7-12,15-18H,13-14,19-26H2,1-6H3;3-8,11-14H,9-10,15-22H2,1-2H3. The van der Waals surface area contributed by atoms with Gasteiger partial charge in [0, 0.05) is 56.8 Å².